The number of hydrogen-bond donors (Lipinski definition) is 2. The number of benzene rings is 1. The van der Waals surface area contributed by atoms with Gasteiger partial charge in [0.05, 0.1) is 5.41 Å². The topological polar surface area (TPSA) is 66.4 Å². The van der Waals surface area contributed by atoms with Crippen molar-refractivity contribution >= 4 is 11.9 Å². The quantitative estimate of drug-likeness (QED) is 0.865. The van der Waals surface area contributed by atoms with Crippen LogP contribution in [0.25, 0.3) is 0 Å². The third-order valence-electron chi connectivity index (χ3n) is 4.63. The number of amides is 1. The van der Waals surface area contributed by atoms with E-state index in [2.05, 4.69) is 17.4 Å². The van der Waals surface area contributed by atoms with Gasteiger partial charge in [-0.05, 0) is 24.8 Å². The Balaban J connectivity index is 1.53. The van der Waals surface area contributed by atoms with E-state index < -0.39 is 11.4 Å². The van der Waals surface area contributed by atoms with Crippen molar-refractivity contribution in [2.45, 2.75) is 44.1 Å². The van der Waals surface area contributed by atoms with Crippen molar-refractivity contribution in [2.75, 3.05) is 0 Å². The molecular formula is C16H19NO3. The van der Waals surface area contributed by atoms with E-state index >= 15 is 0 Å². The van der Waals surface area contributed by atoms with Gasteiger partial charge in [-0.1, -0.05) is 36.8 Å². The van der Waals surface area contributed by atoms with Crippen molar-refractivity contribution in [2.24, 2.45) is 5.41 Å². The maximum Gasteiger partial charge on any atom is 0.310 e. The van der Waals surface area contributed by atoms with Gasteiger partial charge in [-0.2, -0.15) is 0 Å². The van der Waals surface area contributed by atoms with Crippen molar-refractivity contribution in [3.63, 3.8) is 0 Å². The molecule has 2 unspecified atom stereocenters. The molecule has 0 radical (unpaired) electrons. The molecule has 20 heavy (non-hydrogen) atoms. The van der Waals surface area contributed by atoms with Gasteiger partial charge in [0.1, 0.15) is 0 Å². The largest absolute Gasteiger partial charge is 0.481 e. The van der Waals surface area contributed by atoms with E-state index in [1.54, 1.807) is 0 Å². The number of rotatable bonds is 5. The highest BCUT2D eigenvalue weighted by Gasteiger charge is 2.47. The zero-order chi connectivity index (χ0) is 14.2. The SMILES string of the molecule is O=C(CC1(C(=O)O)CCC1)NC1CC1c1ccccc1. The zero-order valence-electron chi connectivity index (χ0n) is 11.3. The Labute approximate surface area is 118 Å². The second-order valence-corrected chi connectivity index (χ2v) is 6.04. The van der Waals surface area contributed by atoms with Crippen LogP contribution in [-0.4, -0.2) is 23.0 Å². The molecule has 2 aliphatic rings. The number of carboxylic acids is 1. The second kappa shape index (κ2) is 4.93. The molecule has 0 bridgehead atoms. The molecule has 2 aliphatic carbocycles. The van der Waals surface area contributed by atoms with E-state index in [4.69, 9.17) is 0 Å². The van der Waals surface area contributed by atoms with E-state index in [1.807, 2.05) is 18.2 Å². The first-order valence-corrected chi connectivity index (χ1v) is 7.18. The van der Waals surface area contributed by atoms with Crippen LogP contribution in [0.1, 0.15) is 43.6 Å². The van der Waals surface area contributed by atoms with E-state index in [0.717, 1.165) is 12.8 Å². The van der Waals surface area contributed by atoms with Crippen molar-refractivity contribution in [3.05, 3.63) is 35.9 Å². The zero-order valence-corrected chi connectivity index (χ0v) is 11.3. The molecule has 0 spiro atoms. The van der Waals surface area contributed by atoms with E-state index in [-0.39, 0.29) is 18.4 Å². The first-order valence-electron chi connectivity index (χ1n) is 7.18. The lowest BCUT2D eigenvalue weighted by Crippen LogP contribution is -2.43. The number of hydrogen-bond acceptors (Lipinski definition) is 2. The molecular weight excluding hydrogens is 254 g/mol. The highest BCUT2D eigenvalue weighted by Crippen LogP contribution is 2.45. The van der Waals surface area contributed by atoms with Gasteiger partial charge in [0.2, 0.25) is 5.91 Å². The molecule has 1 amide bonds. The summed E-state index contributed by atoms with van der Waals surface area (Å²) < 4.78 is 0. The molecule has 2 fully saturated rings. The predicted molar refractivity (Wildman–Crippen MR) is 74.3 cm³/mol. The maximum absolute atomic E-state index is 12.0. The fourth-order valence-electron chi connectivity index (χ4n) is 3.06. The lowest BCUT2D eigenvalue weighted by atomic mass is 9.66. The van der Waals surface area contributed by atoms with Crippen LogP contribution >= 0.6 is 0 Å². The Morgan fingerprint density at radius 3 is 2.50 bits per heavy atom. The summed E-state index contributed by atoms with van der Waals surface area (Å²) in [4.78, 5) is 23.3. The van der Waals surface area contributed by atoms with Crippen LogP contribution in [-0.2, 0) is 9.59 Å². The number of carbonyl (C=O) groups is 2. The number of aliphatic carboxylic acids is 1. The molecule has 0 aromatic heterocycles. The summed E-state index contributed by atoms with van der Waals surface area (Å²) in [5.74, 6) is -0.549. The average molecular weight is 273 g/mol. The summed E-state index contributed by atoms with van der Waals surface area (Å²) in [7, 11) is 0. The van der Waals surface area contributed by atoms with Crippen molar-refractivity contribution in [3.8, 4) is 0 Å². The lowest BCUT2D eigenvalue weighted by Gasteiger charge is -2.36. The smallest absolute Gasteiger partial charge is 0.310 e. The highest BCUT2D eigenvalue weighted by molar-refractivity contribution is 5.86. The summed E-state index contributed by atoms with van der Waals surface area (Å²) in [6.07, 6.45) is 3.25. The summed E-state index contributed by atoms with van der Waals surface area (Å²) >= 11 is 0. The van der Waals surface area contributed by atoms with Gasteiger partial charge in [0, 0.05) is 18.4 Å². The van der Waals surface area contributed by atoms with Crippen LogP contribution in [0.5, 0.6) is 0 Å². The molecule has 4 heteroatoms. The first-order chi connectivity index (χ1) is 9.61. The van der Waals surface area contributed by atoms with Crippen LogP contribution in [0, 0.1) is 5.41 Å². The molecule has 2 saturated carbocycles. The molecule has 0 aliphatic heterocycles. The van der Waals surface area contributed by atoms with Gasteiger partial charge in [0.25, 0.3) is 0 Å². The van der Waals surface area contributed by atoms with Crippen molar-refractivity contribution < 1.29 is 14.7 Å². The van der Waals surface area contributed by atoms with Gasteiger partial charge in [0.15, 0.2) is 0 Å². The van der Waals surface area contributed by atoms with Gasteiger partial charge in [-0.15, -0.1) is 0 Å². The van der Waals surface area contributed by atoms with E-state index in [1.165, 1.54) is 5.56 Å². The van der Waals surface area contributed by atoms with E-state index in [0.29, 0.717) is 18.8 Å². The summed E-state index contributed by atoms with van der Waals surface area (Å²) in [6.45, 7) is 0. The molecule has 4 nitrogen and oxygen atoms in total. The molecule has 3 rings (SSSR count). The van der Waals surface area contributed by atoms with E-state index in [9.17, 15) is 14.7 Å². The van der Waals surface area contributed by atoms with Gasteiger partial charge >= 0.3 is 5.97 Å². The molecule has 2 atom stereocenters. The van der Waals surface area contributed by atoms with Gasteiger partial charge in [-0.3, -0.25) is 9.59 Å². The monoisotopic (exact) mass is 273 g/mol. The number of carboxylic acid groups (broad SMARTS) is 1. The fraction of sp³-hybridized carbons (Fsp3) is 0.500. The van der Waals surface area contributed by atoms with Crippen molar-refractivity contribution in [1.29, 1.82) is 0 Å². The minimum Gasteiger partial charge on any atom is -0.481 e. The predicted octanol–water partition coefficient (Wildman–Crippen LogP) is 2.30. The molecule has 0 saturated heterocycles. The Kier molecular flexibility index (Phi) is 3.24. The number of nitrogens with one attached hydrogen (secondary N) is 1. The summed E-state index contributed by atoms with van der Waals surface area (Å²) in [6, 6.07) is 10.3. The average Bonchev–Trinajstić information content (AvgIpc) is 3.13. The minimum absolute atomic E-state index is 0.115. The van der Waals surface area contributed by atoms with Crippen molar-refractivity contribution in [1.82, 2.24) is 5.32 Å². The fourth-order valence-corrected chi connectivity index (χ4v) is 3.06. The lowest BCUT2D eigenvalue weighted by molar-refractivity contribution is -0.157. The van der Waals surface area contributed by atoms with Crippen LogP contribution in [0.15, 0.2) is 30.3 Å². The van der Waals surface area contributed by atoms with Gasteiger partial charge in [-0.25, -0.2) is 0 Å². The highest BCUT2D eigenvalue weighted by atomic mass is 16.4. The van der Waals surface area contributed by atoms with Crippen LogP contribution in [0.2, 0.25) is 0 Å². The minimum atomic E-state index is -0.825. The second-order valence-electron chi connectivity index (χ2n) is 6.04. The van der Waals surface area contributed by atoms with Crippen LogP contribution in [0.3, 0.4) is 0 Å². The molecule has 2 N–H and O–H groups in total. The maximum atomic E-state index is 12.0. The number of carbonyl (C=O) groups excluding carboxylic acids is 1. The Morgan fingerprint density at radius 2 is 1.95 bits per heavy atom. The van der Waals surface area contributed by atoms with Crippen LogP contribution in [0.4, 0.5) is 0 Å². The molecule has 0 heterocycles. The third kappa shape index (κ3) is 2.42. The Hall–Kier alpha value is -1.84. The summed E-state index contributed by atoms with van der Waals surface area (Å²) in [5, 5.41) is 12.2. The normalized spacial score (nSPS) is 26.4. The Bertz CT molecular complexity index is 522. The molecule has 1 aromatic carbocycles. The third-order valence-corrected chi connectivity index (χ3v) is 4.63. The molecule has 106 valence electrons. The van der Waals surface area contributed by atoms with Gasteiger partial charge < -0.3 is 10.4 Å². The van der Waals surface area contributed by atoms with Crippen LogP contribution < -0.4 is 5.32 Å². The standard InChI is InChI=1S/C16H19NO3/c18-14(10-16(15(19)20)7-4-8-16)17-13-9-12(13)11-5-2-1-3-6-11/h1-3,5-6,12-13H,4,7-10H2,(H,17,18)(H,19,20). The Morgan fingerprint density at radius 1 is 1.25 bits per heavy atom. The summed E-state index contributed by atoms with van der Waals surface area (Å²) in [5.41, 5.74) is 0.454. The molecule has 1 aromatic rings. The first kappa shape index (κ1) is 13.2.